The maximum atomic E-state index is 12.1. The molecule has 116 valence electrons. The Labute approximate surface area is 128 Å². The van der Waals surface area contributed by atoms with Gasteiger partial charge < -0.3 is 4.74 Å². The summed E-state index contributed by atoms with van der Waals surface area (Å²) >= 11 is 0. The molecule has 0 N–H and O–H groups in total. The summed E-state index contributed by atoms with van der Waals surface area (Å²) in [6.45, 7) is 4.95. The number of esters is 1. The molecule has 0 aromatic heterocycles. The Morgan fingerprint density at radius 2 is 1.90 bits per heavy atom. The van der Waals surface area contributed by atoms with Gasteiger partial charge in [-0.15, -0.1) is 0 Å². The predicted octanol–water partition coefficient (Wildman–Crippen LogP) is 4.06. The molecule has 0 spiro atoms. The molecule has 2 heteroatoms. The molecule has 7 unspecified atom stereocenters. The summed E-state index contributed by atoms with van der Waals surface area (Å²) in [5, 5.41) is 0. The molecule has 2 nitrogen and oxygen atoms in total. The van der Waals surface area contributed by atoms with Crippen LogP contribution >= 0.6 is 0 Å². The van der Waals surface area contributed by atoms with E-state index in [4.69, 9.17) is 4.74 Å². The first-order chi connectivity index (χ1) is 10.1. The molecule has 0 aromatic carbocycles. The van der Waals surface area contributed by atoms with Crippen molar-refractivity contribution in [2.45, 2.75) is 46.0 Å². The molecule has 21 heavy (non-hydrogen) atoms. The maximum Gasteiger partial charge on any atom is 0.306 e. The lowest BCUT2D eigenvalue weighted by atomic mass is 9.69. The van der Waals surface area contributed by atoms with Crippen molar-refractivity contribution in [2.24, 2.45) is 47.3 Å². The van der Waals surface area contributed by atoms with E-state index in [-0.39, 0.29) is 5.97 Å². The van der Waals surface area contributed by atoms with E-state index in [1.165, 1.54) is 19.3 Å². The predicted molar refractivity (Wildman–Crippen MR) is 82.5 cm³/mol. The fourth-order valence-electron chi connectivity index (χ4n) is 6.07. The molecular weight excluding hydrogens is 260 g/mol. The molecule has 4 rings (SSSR count). The maximum absolute atomic E-state index is 12.1. The molecule has 0 radical (unpaired) electrons. The fraction of sp³-hybridized carbons (Fsp3) is 0.842. The lowest BCUT2D eigenvalue weighted by Crippen LogP contribution is -2.32. The number of fused-ring (bicyclic) bond motifs is 9. The molecule has 4 aliphatic carbocycles. The van der Waals surface area contributed by atoms with Crippen molar-refractivity contribution in [1.82, 2.24) is 0 Å². The van der Waals surface area contributed by atoms with Gasteiger partial charge in [-0.1, -0.05) is 26.0 Å². The zero-order chi connectivity index (χ0) is 14.6. The molecule has 4 aliphatic rings. The van der Waals surface area contributed by atoms with E-state index in [0.717, 1.165) is 41.9 Å². The van der Waals surface area contributed by atoms with E-state index in [0.29, 0.717) is 24.9 Å². The van der Waals surface area contributed by atoms with Gasteiger partial charge in [-0.05, 0) is 73.0 Å². The van der Waals surface area contributed by atoms with Crippen LogP contribution in [-0.4, -0.2) is 12.6 Å². The van der Waals surface area contributed by atoms with Gasteiger partial charge in [-0.3, -0.25) is 4.79 Å². The van der Waals surface area contributed by atoms with Gasteiger partial charge in [0, 0.05) is 6.42 Å². The molecule has 0 aromatic rings. The van der Waals surface area contributed by atoms with Crippen molar-refractivity contribution in [2.75, 3.05) is 6.61 Å². The van der Waals surface area contributed by atoms with Gasteiger partial charge in [-0.25, -0.2) is 0 Å². The zero-order valence-corrected chi connectivity index (χ0v) is 13.3. The van der Waals surface area contributed by atoms with Crippen LogP contribution in [0.15, 0.2) is 12.2 Å². The van der Waals surface area contributed by atoms with Gasteiger partial charge in [0.25, 0.3) is 0 Å². The highest BCUT2D eigenvalue weighted by Gasteiger charge is 2.60. The third-order valence-corrected chi connectivity index (χ3v) is 6.79. The number of hydrogen-bond acceptors (Lipinski definition) is 2. The third-order valence-electron chi connectivity index (χ3n) is 6.79. The Morgan fingerprint density at radius 3 is 2.67 bits per heavy atom. The zero-order valence-electron chi connectivity index (χ0n) is 13.3. The number of rotatable bonds is 5. The highest BCUT2D eigenvalue weighted by Crippen LogP contribution is 2.67. The summed E-state index contributed by atoms with van der Waals surface area (Å²) < 4.78 is 5.44. The van der Waals surface area contributed by atoms with Gasteiger partial charge in [0.05, 0.1) is 6.61 Å². The Balaban J connectivity index is 1.33. The van der Waals surface area contributed by atoms with Crippen LogP contribution in [0.3, 0.4) is 0 Å². The van der Waals surface area contributed by atoms with Crippen molar-refractivity contribution in [1.29, 1.82) is 0 Å². The van der Waals surface area contributed by atoms with Crippen molar-refractivity contribution < 1.29 is 9.53 Å². The highest BCUT2D eigenvalue weighted by molar-refractivity contribution is 5.69. The smallest absolute Gasteiger partial charge is 0.306 e. The monoisotopic (exact) mass is 288 g/mol. The Bertz CT molecular complexity index is 452. The van der Waals surface area contributed by atoms with Crippen LogP contribution in [-0.2, 0) is 9.53 Å². The molecule has 3 fully saturated rings. The van der Waals surface area contributed by atoms with Gasteiger partial charge in [0.2, 0.25) is 0 Å². The van der Waals surface area contributed by atoms with Gasteiger partial charge in [-0.2, -0.15) is 0 Å². The highest BCUT2D eigenvalue weighted by atomic mass is 16.5. The van der Waals surface area contributed by atoms with Crippen LogP contribution < -0.4 is 0 Å². The molecule has 0 aliphatic heterocycles. The summed E-state index contributed by atoms with van der Waals surface area (Å²) in [6.07, 6.45) is 10.7. The first-order valence-corrected chi connectivity index (χ1v) is 8.97. The largest absolute Gasteiger partial charge is 0.466 e. The first-order valence-electron chi connectivity index (χ1n) is 8.97. The van der Waals surface area contributed by atoms with E-state index < -0.39 is 0 Å². The third kappa shape index (κ3) is 2.26. The fourth-order valence-corrected chi connectivity index (χ4v) is 6.07. The number of hydrogen-bond donors (Lipinski definition) is 0. The average Bonchev–Trinajstić information content (AvgIpc) is 3.16. The summed E-state index contributed by atoms with van der Waals surface area (Å²) in [5.74, 6) is 6.63. The van der Waals surface area contributed by atoms with E-state index in [1.54, 1.807) is 0 Å². The minimum absolute atomic E-state index is 0.0587. The molecule has 0 saturated heterocycles. The topological polar surface area (TPSA) is 26.3 Å². The Kier molecular flexibility index (Phi) is 3.39. The summed E-state index contributed by atoms with van der Waals surface area (Å²) in [5.41, 5.74) is 0. The van der Waals surface area contributed by atoms with E-state index >= 15 is 0 Å². The SMILES string of the molecule is CC(C)CCOC(=O)CC1CC2CC1C1C3C=CC(C3)C21. The molecular formula is C19H28O2. The summed E-state index contributed by atoms with van der Waals surface area (Å²) in [6, 6.07) is 0. The number of allylic oxidation sites excluding steroid dienone is 2. The number of ether oxygens (including phenoxy) is 1. The van der Waals surface area contributed by atoms with Crippen molar-refractivity contribution in [3.63, 3.8) is 0 Å². The molecule has 0 amide bonds. The lowest BCUT2D eigenvalue weighted by Gasteiger charge is -2.36. The van der Waals surface area contributed by atoms with E-state index in [2.05, 4.69) is 26.0 Å². The Morgan fingerprint density at radius 1 is 1.14 bits per heavy atom. The average molecular weight is 288 g/mol. The summed E-state index contributed by atoms with van der Waals surface area (Å²) in [7, 11) is 0. The Hall–Kier alpha value is -0.790. The van der Waals surface area contributed by atoms with Crippen molar-refractivity contribution >= 4 is 5.97 Å². The van der Waals surface area contributed by atoms with E-state index in [1.807, 2.05) is 0 Å². The number of carbonyl (C=O) groups is 1. The van der Waals surface area contributed by atoms with Gasteiger partial charge in [0.15, 0.2) is 0 Å². The van der Waals surface area contributed by atoms with Crippen LogP contribution in [0.4, 0.5) is 0 Å². The van der Waals surface area contributed by atoms with Crippen molar-refractivity contribution in [3.8, 4) is 0 Å². The van der Waals surface area contributed by atoms with Crippen LogP contribution in [0, 0.1) is 47.3 Å². The van der Waals surface area contributed by atoms with E-state index in [9.17, 15) is 4.79 Å². The minimum Gasteiger partial charge on any atom is -0.466 e. The van der Waals surface area contributed by atoms with Gasteiger partial charge in [0.1, 0.15) is 0 Å². The quantitative estimate of drug-likeness (QED) is 0.433. The molecule has 3 saturated carbocycles. The normalized spacial score (nSPS) is 45.6. The number of carbonyl (C=O) groups excluding carboxylic acids is 1. The second-order valence-electron chi connectivity index (χ2n) is 8.37. The van der Waals surface area contributed by atoms with Gasteiger partial charge >= 0.3 is 5.97 Å². The van der Waals surface area contributed by atoms with Crippen LogP contribution in [0.2, 0.25) is 0 Å². The minimum atomic E-state index is 0.0587. The first kappa shape index (κ1) is 13.8. The molecule has 4 bridgehead atoms. The lowest BCUT2D eigenvalue weighted by molar-refractivity contribution is -0.145. The van der Waals surface area contributed by atoms with Crippen LogP contribution in [0.5, 0.6) is 0 Å². The van der Waals surface area contributed by atoms with Crippen LogP contribution in [0.25, 0.3) is 0 Å². The standard InChI is InChI=1S/C19H28O2/c1-11(2)5-6-21-17(20)10-14-8-15-9-16(14)19-13-4-3-12(7-13)18(15)19/h3-4,11-16,18-19H,5-10H2,1-2H3. The molecule has 7 atom stereocenters. The molecule has 0 heterocycles. The second-order valence-corrected chi connectivity index (χ2v) is 8.37. The van der Waals surface area contributed by atoms with Crippen LogP contribution in [0.1, 0.15) is 46.0 Å². The summed E-state index contributed by atoms with van der Waals surface area (Å²) in [4.78, 5) is 12.1. The van der Waals surface area contributed by atoms with Crippen molar-refractivity contribution in [3.05, 3.63) is 12.2 Å². The second kappa shape index (κ2) is 5.14.